The minimum atomic E-state index is -0.391. The van der Waals surface area contributed by atoms with Gasteiger partial charge in [0.25, 0.3) is 0 Å². The van der Waals surface area contributed by atoms with E-state index < -0.39 is 5.82 Å². The molecule has 0 saturated carbocycles. The van der Waals surface area contributed by atoms with Crippen molar-refractivity contribution >= 4 is 11.8 Å². The van der Waals surface area contributed by atoms with Crippen LogP contribution >= 0.6 is 0 Å². The Hall–Kier alpha value is -2.76. The molecule has 0 atom stereocenters. The van der Waals surface area contributed by atoms with Gasteiger partial charge in [-0.05, 0) is 12.1 Å². The molecule has 2 amide bonds. The van der Waals surface area contributed by atoms with Crippen LogP contribution in [0.4, 0.5) is 8.78 Å². The summed E-state index contributed by atoms with van der Waals surface area (Å²) in [6.07, 6.45) is 0.0580. The minimum Gasteiger partial charge on any atom is -0.352 e. The first-order chi connectivity index (χ1) is 12.0. The first kappa shape index (κ1) is 18.6. The van der Waals surface area contributed by atoms with Gasteiger partial charge in [0.05, 0.1) is 0 Å². The molecule has 2 aromatic carbocycles. The molecule has 25 heavy (non-hydrogen) atoms. The van der Waals surface area contributed by atoms with Crippen LogP contribution in [0.25, 0.3) is 0 Å². The zero-order valence-electron chi connectivity index (χ0n) is 14.0. The number of hydrogen-bond donors (Lipinski definition) is 1. The minimum absolute atomic E-state index is 0.0580. The predicted octanol–water partition coefficient (Wildman–Crippen LogP) is 3.02. The van der Waals surface area contributed by atoms with E-state index in [9.17, 15) is 18.4 Å². The van der Waals surface area contributed by atoms with Gasteiger partial charge in [-0.2, -0.15) is 0 Å². The standard InChI is InChI=1S/C19H20F2N2O2/c1-14(24)23(13-16-7-3-5-9-18(16)21)11-10-19(25)22-12-15-6-2-4-8-17(15)20/h2-9H,10-13H2,1H3,(H,22,25). The molecule has 0 heterocycles. The van der Waals surface area contributed by atoms with Crippen molar-refractivity contribution in [3.63, 3.8) is 0 Å². The van der Waals surface area contributed by atoms with Crippen molar-refractivity contribution in [1.29, 1.82) is 0 Å². The summed E-state index contributed by atoms with van der Waals surface area (Å²) >= 11 is 0. The zero-order valence-corrected chi connectivity index (χ0v) is 14.0. The lowest BCUT2D eigenvalue weighted by atomic mass is 10.2. The summed E-state index contributed by atoms with van der Waals surface area (Å²) in [5.41, 5.74) is 0.787. The molecule has 0 fully saturated rings. The van der Waals surface area contributed by atoms with Crippen molar-refractivity contribution in [1.82, 2.24) is 10.2 Å². The Kier molecular flexibility index (Phi) is 6.62. The molecular formula is C19H20F2N2O2. The second-order valence-electron chi connectivity index (χ2n) is 5.65. The topological polar surface area (TPSA) is 49.4 Å². The third kappa shape index (κ3) is 5.67. The fourth-order valence-electron chi connectivity index (χ4n) is 2.34. The Morgan fingerprint density at radius 3 is 2.08 bits per heavy atom. The summed E-state index contributed by atoms with van der Waals surface area (Å²) < 4.78 is 27.2. The molecular weight excluding hydrogens is 326 g/mol. The van der Waals surface area contributed by atoms with Crippen molar-refractivity contribution < 1.29 is 18.4 Å². The molecule has 2 rings (SSSR count). The van der Waals surface area contributed by atoms with Gasteiger partial charge in [0.15, 0.2) is 0 Å². The Morgan fingerprint density at radius 2 is 1.52 bits per heavy atom. The molecule has 0 saturated heterocycles. The van der Waals surface area contributed by atoms with Crippen LogP contribution in [0.5, 0.6) is 0 Å². The van der Waals surface area contributed by atoms with Gasteiger partial charge < -0.3 is 10.2 Å². The molecule has 0 bridgehead atoms. The Bertz CT molecular complexity index is 750. The van der Waals surface area contributed by atoms with Gasteiger partial charge in [-0.1, -0.05) is 36.4 Å². The lowest BCUT2D eigenvalue weighted by molar-refractivity contribution is -0.130. The molecule has 0 aliphatic heterocycles. The second kappa shape index (κ2) is 8.92. The highest BCUT2D eigenvalue weighted by Gasteiger charge is 2.14. The Labute approximate surface area is 145 Å². The van der Waals surface area contributed by atoms with E-state index in [2.05, 4.69) is 5.32 Å². The number of carbonyl (C=O) groups is 2. The number of nitrogens with zero attached hydrogens (tertiary/aromatic N) is 1. The largest absolute Gasteiger partial charge is 0.352 e. The number of rotatable bonds is 7. The third-order valence-electron chi connectivity index (χ3n) is 3.81. The third-order valence-corrected chi connectivity index (χ3v) is 3.81. The van der Waals surface area contributed by atoms with Crippen LogP contribution in [0.3, 0.4) is 0 Å². The number of hydrogen-bond acceptors (Lipinski definition) is 2. The SMILES string of the molecule is CC(=O)N(CCC(=O)NCc1ccccc1F)Cc1ccccc1F. The summed E-state index contributed by atoms with van der Waals surface area (Å²) in [5, 5.41) is 2.62. The van der Waals surface area contributed by atoms with E-state index in [0.29, 0.717) is 11.1 Å². The second-order valence-corrected chi connectivity index (χ2v) is 5.65. The van der Waals surface area contributed by atoms with Crippen LogP contribution in [0.15, 0.2) is 48.5 Å². The molecule has 0 aliphatic carbocycles. The van der Waals surface area contributed by atoms with Crippen LogP contribution in [0.1, 0.15) is 24.5 Å². The van der Waals surface area contributed by atoms with Crippen molar-refractivity contribution in [2.45, 2.75) is 26.4 Å². The van der Waals surface area contributed by atoms with E-state index in [0.717, 1.165) is 0 Å². The molecule has 0 aliphatic rings. The molecule has 132 valence electrons. The highest BCUT2D eigenvalue weighted by Crippen LogP contribution is 2.11. The average Bonchev–Trinajstić information content (AvgIpc) is 2.59. The van der Waals surface area contributed by atoms with Crippen LogP contribution in [-0.2, 0) is 22.7 Å². The number of carbonyl (C=O) groups excluding carboxylic acids is 2. The number of nitrogens with one attached hydrogen (secondary N) is 1. The lowest BCUT2D eigenvalue weighted by Gasteiger charge is -2.21. The fourth-order valence-corrected chi connectivity index (χ4v) is 2.34. The molecule has 0 unspecified atom stereocenters. The van der Waals surface area contributed by atoms with Crippen molar-refractivity contribution in [2.24, 2.45) is 0 Å². The van der Waals surface area contributed by atoms with Crippen LogP contribution in [0, 0.1) is 11.6 Å². The van der Waals surface area contributed by atoms with Crippen molar-refractivity contribution in [3.05, 3.63) is 71.3 Å². The number of halogens is 2. The van der Waals surface area contributed by atoms with Gasteiger partial charge >= 0.3 is 0 Å². The first-order valence-electron chi connectivity index (χ1n) is 7.96. The summed E-state index contributed by atoms with van der Waals surface area (Å²) in [6.45, 7) is 1.71. The van der Waals surface area contributed by atoms with Crippen molar-refractivity contribution in [3.8, 4) is 0 Å². The molecule has 6 heteroatoms. The maximum absolute atomic E-state index is 13.7. The molecule has 0 aromatic heterocycles. The van der Waals surface area contributed by atoms with E-state index in [1.807, 2.05) is 0 Å². The van der Waals surface area contributed by atoms with Gasteiger partial charge in [-0.15, -0.1) is 0 Å². The molecule has 4 nitrogen and oxygen atoms in total. The zero-order chi connectivity index (χ0) is 18.2. The highest BCUT2D eigenvalue weighted by atomic mass is 19.1. The van der Waals surface area contributed by atoms with E-state index in [-0.39, 0.29) is 43.7 Å². The summed E-state index contributed by atoms with van der Waals surface area (Å²) in [7, 11) is 0. The van der Waals surface area contributed by atoms with Gasteiger partial charge in [0.2, 0.25) is 11.8 Å². The molecule has 2 aromatic rings. The molecule has 0 spiro atoms. The van der Waals surface area contributed by atoms with Crippen LogP contribution in [-0.4, -0.2) is 23.3 Å². The first-order valence-corrected chi connectivity index (χ1v) is 7.96. The van der Waals surface area contributed by atoms with Gasteiger partial charge in [0.1, 0.15) is 11.6 Å². The summed E-state index contributed by atoms with van der Waals surface area (Å²) in [5.74, 6) is -1.32. The monoisotopic (exact) mass is 346 g/mol. The summed E-state index contributed by atoms with van der Waals surface area (Å²) in [4.78, 5) is 25.1. The van der Waals surface area contributed by atoms with Gasteiger partial charge in [0, 0.05) is 44.1 Å². The van der Waals surface area contributed by atoms with Gasteiger partial charge in [-0.25, -0.2) is 8.78 Å². The molecule has 1 N–H and O–H groups in total. The highest BCUT2D eigenvalue weighted by molar-refractivity contribution is 5.78. The fraction of sp³-hybridized carbons (Fsp3) is 0.263. The summed E-state index contributed by atoms with van der Waals surface area (Å²) in [6, 6.07) is 12.4. The average molecular weight is 346 g/mol. The Morgan fingerprint density at radius 1 is 0.960 bits per heavy atom. The number of benzene rings is 2. The van der Waals surface area contributed by atoms with Crippen LogP contribution < -0.4 is 5.32 Å². The Balaban J connectivity index is 1.86. The van der Waals surface area contributed by atoms with E-state index in [4.69, 9.17) is 0 Å². The van der Waals surface area contributed by atoms with Gasteiger partial charge in [-0.3, -0.25) is 9.59 Å². The number of amides is 2. The molecule has 0 radical (unpaired) electrons. The lowest BCUT2D eigenvalue weighted by Crippen LogP contribution is -2.33. The predicted molar refractivity (Wildman–Crippen MR) is 90.4 cm³/mol. The van der Waals surface area contributed by atoms with E-state index in [1.54, 1.807) is 36.4 Å². The van der Waals surface area contributed by atoms with E-state index in [1.165, 1.54) is 24.0 Å². The maximum Gasteiger partial charge on any atom is 0.222 e. The van der Waals surface area contributed by atoms with Crippen molar-refractivity contribution in [2.75, 3.05) is 6.54 Å². The van der Waals surface area contributed by atoms with E-state index >= 15 is 0 Å². The normalized spacial score (nSPS) is 10.4. The smallest absolute Gasteiger partial charge is 0.222 e. The quantitative estimate of drug-likeness (QED) is 0.838. The maximum atomic E-state index is 13.7. The van der Waals surface area contributed by atoms with Crippen LogP contribution in [0.2, 0.25) is 0 Å².